The van der Waals surface area contributed by atoms with Crippen molar-refractivity contribution in [3.05, 3.63) is 52.1 Å². The van der Waals surface area contributed by atoms with E-state index in [4.69, 9.17) is 0 Å². The van der Waals surface area contributed by atoms with Gasteiger partial charge in [0.1, 0.15) is 0 Å². The minimum Gasteiger partial charge on any atom is -0.326 e. The van der Waals surface area contributed by atoms with Gasteiger partial charge in [0.05, 0.1) is 0 Å². The number of rotatable bonds is 4. The lowest BCUT2D eigenvalue weighted by Crippen LogP contribution is -2.15. The van der Waals surface area contributed by atoms with E-state index in [-0.39, 0.29) is 18.1 Å². The first-order valence-electron chi connectivity index (χ1n) is 8.73. The van der Waals surface area contributed by atoms with Crippen molar-refractivity contribution in [3.8, 4) is 0 Å². The van der Waals surface area contributed by atoms with Crippen LogP contribution in [-0.2, 0) is 17.4 Å². The number of amides is 1. The summed E-state index contributed by atoms with van der Waals surface area (Å²) in [4.78, 5) is 19.9. The molecule has 3 rings (SSSR count). The molecule has 0 bridgehead atoms. The van der Waals surface area contributed by atoms with Crippen LogP contribution in [0.1, 0.15) is 40.3 Å². The summed E-state index contributed by atoms with van der Waals surface area (Å²) in [6.45, 7) is 7.18. The quantitative estimate of drug-likeness (QED) is 0.731. The highest BCUT2D eigenvalue weighted by molar-refractivity contribution is 5.91. The van der Waals surface area contributed by atoms with Crippen molar-refractivity contribution < 1.29 is 18.0 Å². The van der Waals surface area contributed by atoms with Gasteiger partial charge in [0, 0.05) is 23.5 Å². The Labute approximate surface area is 159 Å². The molecule has 0 fully saturated rings. The van der Waals surface area contributed by atoms with Crippen molar-refractivity contribution >= 4 is 17.4 Å². The molecule has 0 spiro atoms. The summed E-state index contributed by atoms with van der Waals surface area (Å²) in [5, 5.41) is 6.40. The minimum atomic E-state index is -4.64. The predicted octanol–water partition coefficient (Wildman–Crippen LogP) is 3.95. The van der Waals surface area contributed by atoms with Crippen LogP contribution in [0.2, 0.25) is 0 Å². The van der Waals surface area contributed by atoms with Crippen molar-refractivity contribution in [2.75, 3.05) is 5.32 Å². The molecule has 2 aromatic heterocycles. The van der Waals surface area contributed by atoms with Crippen molar-refractivity contribution in [1.82, 2.24) is 19.6 Å². The molecular formula is C19H20F3N5O. The topological polar surface area (TPSA) is 72.2 Å². The number of nitrogens with zero attached hydrogens (tertiary/aromatic N) is 4. The average molecular weight is 391 g/mol. The Bertz CT molecular complexity index is 1060. The van der Waals surface area contributed by atoms with Crippen LogP contribution in [0.3, 0.4) is 0 Å². The number of halogens is 3. The van der Waals surface area contributed by atoms with E-state index in [1.165, 1.54) is 0 Å². The van der Waals surface area contributed by atoms with Crippen LogP contribution in [0.4, 0.5) is 18.9 Å². The van der Waals surface area contributed by atoms with Crippen LogP contribution in [0.15, 0.2) is 18.2 Å². The van der Waals surface area contributed by atoms with Crippen LogP contribution in [-0.4, -0.2) is 25.5 Å². The number of carbonyl (C=O) groups is 1. The van der Waals surface area contributed by atoms with E-state index in [9.17, 15) is 18.0 Å². The van der Waals surface area contributed by atoms with Gasteiger partial charge in [-0.15, -0.1) is 5.10 Å². The van der Waals surface area contributed by atoms with Crippen molar-refractivity contribution in [1.29, 1.82) is 0 Å². The van der Waals surface area contributed by atoms with Crippen molar-refractivity contribution in [3.63, 3.8) is 0 Å². The molecule has 0 saturated heterocycles. The predicted molar refractivity (Wildman–Crippen MR) is 98.1 cm³/mol. The van der Waals surface area contributed by atoms with Gasteiger partial charge in [0.25, 0.3) is 11.6 Å². The first kappa shape index (κ1) is 19.8. The number of hydrogen-bond acceptors (Lipinski definition) is 4. The van der Waals surface area contributed by atoms with Gasteiger partial charge in [-0.05, 0) is 56.9 Å². The highest BCUT2D eigenvalue weighted by atomic mass is 19.4. The molecule has 1 N–H and O–H groups in total. The average Bonchev–Trinajstić information content (AvgIpc) is 3.02. The highest BCUT2D eigenvalue weighted by Gasteiger charge is 2.36. The number of fused-ring (bicyclic) bond motifs is 1. The van der Waals surface area contributed by atoms with E-state index in [1.807, 2.05) is 32.0 Å². The van der Waals surface area contributed by atoms with Gasteiger partial charge in [-0.25, -0.2) is 9.50 Å². The maximum Gasteiger partial charge on any atom is 0.453 e. The van der Waals surface area contributed by atoms with Crippen LogP contribution in [0.5, 0.6) is 0 Å². The molecule has 0 radical (unpaired) electrons. The summed E-state index contributed by atoms with van der Waals surface area (Å²) in [7, 11) is 0. The van der Waals surface area contributed by atoms with Gasteiger partial charge in [-0.2, -0.15) is 18.2 Å². The Morgan fingerprint density at radius 2 is 1.86 bits per heavy atom. The molecule has 6 nitrogen and oxygen atoms in total. The Kier molecular flexibility index (Phi) is 5.10. The van der Waals surface area contributed by atoms with E-state index >= 15 is 0 Å². The summed E-state index contributed by atoms with van der Waals surface area (Å²) in [6.07, 6.45) is -4.14. The molecule has 1 aromatic carbocycles. The van der Waals surface area contributed by atoms with Gasteiger partial charge in [0.15, 0.2) is 0 Å². The number of nitrogens with one attached hydrogen (secondary N) is 1. The zero-order chi connectivity index (χ0) is 20.6. The number of aryl methyl sites for hydroxylation is 4. The summed E-state index contributed by atoms with van der Waals surface area (Å²) in [5.41, 5.74) is 4.45. The smallest absolute Gasteiger partial charge is 0.326 e. The molecule has 1 amide bonds. The van der Waals surface area contributed by atoms with E-state index < -0.39 is 12.0 Å². The summed E-state index contributed by atoms with van der Waals surface area (Å²) in [6, 6.07) is 5.79. The van der Waals surface area contributed by atoms with E-state index in [0.29, 0.717) is 23.4 Å². The normalized spacial score (nSPS) is 11.8. The maximum atomic E-state index is 12.9. The minimum absolute atomic E-state index is 0.106. The molecule has 9 heteroatoms. The second kappa shape index (κ2) is 7.21. The summed E-state index contributed by atoms with van der Waals surface area (Å²) in [5.74, 6) is -1.51. The molecule has 2 heterocycles. The number of hydrogen-bond donors (Lipinski definition) is 1. The third kappa shape index (κ3) is 3.97. The monoisotopic (exact) mass is 391 g/mol. The number of carbonyl (C=O) groups excluding carboxylic acids is 1. The Balaban J connectivity index is 1.80. The van der Waals surface area contributed by atoms with Crippen LogP contribution in [0, 0.1) is 27.7 Å². The Morgan fingerprint density at radius 3 is 2.54 bits per heavy atom. The molecule has 0 unspecified atom stereocenters. The number of alkyl halides is 3. The van der Waals surface area contributed by atoms with Gasteiger partial charge < -0.3 is 5.32 Å². The molecule has 28 heavy (non-hydrogen) atoms. The molecule has 148 valence electrons. The first-order chi connectivity index (χ1) is 13.1. The number of benzene rings is 1. The third-order valence-corrected chi connectivity index (χ3v) is 4.57. The maximum absolute atomic E-state index is 12.9. The van der Waals surface area contributed by atoms with E-state index in [0.717, 1.165) is 21.3 Å². The second-order valence-corrected chi connectivity index (χ2v) is 6.77. The lowest BCUT2D eigenvalue weighted by Gasteiger charge is -2.12. The first-order valence-corrected chi connectivity index (χ1v) is 8.73. The van der Waals surface area contributed by atoms with Gasteiger partial charge >= 0.3 is 6.18 Å². The van der Waals surface area contributed by atoms with E-state index in [1.54, 1.807) is 13.8 Å². The van der Waals surface area contributed by atoms with Gasteiger partial charge in [-0.3, -0.25) is 4.79 Å². The van der Waals surface area contributed by atoms with Crippen LogP contribution < -0.4 is 5.32 Å². The van der Waals surface area contributed by atoms with Crippen molar-refractivity contribution in [2.45, 2.75) is 46.7 Å². The largest absolute Gasteiger partial charge is 0.453 e. The molecule has 0 aliphatic rings. The zero-order valence-corrected chi connectivity index (χ0v) is 16.0. The zero-order valence-electron chi connectivity index (χ0n) is 16.0. The molecule has 0 aliphatic carbocycles. The molecule has 0 aliphatic heterocycles. The summed E-state index contributed by atoms with van der Waals surface area (Å²) < 4.78 is 39.7. The second-order valence-electron chi connectivity index (χ2n) is 6.77. The lowest BCUT2D eigenvalue weighted by atomic mass is 10.1. The lowest BCUT2D eigenvalue weighted by molar-refractivity contribution is -0.144. The Hall–Kier alpha value is -2.97. The van der Waals surface area contributed by atoms with Crippen LogP contribution >= 0.6 is 0 Å². The molecular weight excluding hydrogens is 371 g/mol. The van der Waals surface area contributed by atoms with E-state index in [2.05, 4.69) is 20.4 Å². The number of anilines is 1. The molecule has 3 aromatic rings. The fraction of sp³-hybridized carbons (Fsp3) is 0.368. The summed E-state index contributed by atoms with van der Waals surface area (Å²) >= 11 is 0. The highest BCUT2D eigenvalue weighted by Crippen LogP contribution is 2.27. The van der Waals surface area contributed by atoms with Gasteiger partial charge in [-0.1, -0.05) is 12.1 Å². The van der Waals surface area contributed by atoms with Gasteiger partial charge in [0.2, 0.25) is 5.91 Å². The fourth-order valence-corrected chi connectivity index (χ4v) is 3.01. The standard InChI is InChI=1S/C19H20F3N5O/c1-10-5-6-11(2)15(9-10)24-16(28)8-7-14-12(3)23-18-25-17(19(20,21)22)26-27(18)13(14)4/h5-6,9H,7-8H2,1-4H3,(H,24,28). The van der Waals surface area contributed by atoms with Crippen LogP contribution in [0.25, 0.3) is 5.78 Å². The third-order valence-electron chi connectivity index (χ3n) is 4.57. The SMILES string of the molecule is Cc1ccc(C)c(NC(=O)CCc2c(C)nc3nc(C(F)(F)F)nn3c2C)c1. The van der Waals surface area contributed by atoms with Crippen molar-refractivity contribution in [2.24, 2.45) is 0 Å². The molecule has 0 atom stereocenters. The fourth-order valence-electron chi connectivity index (χ4n) is 3.01. The molecule has 0 saturated carbocycles. The Morgan fingerprint density at radius 1 is 1.14 bits per heavy atom. The number of aromatic nitrogens is 4.